The van der Waals surface area contributed by atoms with Crippen LogP contribution in [0.2, 0.25) is 0 Å². The van der Waals surface area contributed by atoms with Crippen molar-refractivity contribution in [2.24, 2.45) is 0 Å². The first kappa shape index (κ1) is 14.2. The van der Waals surface area contributed by atoms with Gasteiger partial charge in [-0.2, -0.15) is 13.2 Å². The summed E-state index contributed by atoms with van der Waals surface area (Å²) in [7, 11) is 0. The van der Waals surface area contributed by atoms with E-state index >= 15 is 0 Å². The van der Waals surface area contributed by atoms with Crippen LogP contribution in [0.25, 0.3) is 0 Å². The average molecular weight is 273 g/mol. The highest BCUT2D eigenvalue weighted by molar-refractivity contribution is 5.29. The summed E-state index contributed by atoms with van der Waals surface area (Å²) >= 11 is 0. The van der Waals surface area contributed by atoms with E-state index in [0.717, 1.165) is 25.2 Å². The Morgan fingerprint density at radius 1 is 1.16 bits per heavy atom. The Hall–Kier alpha value is -1.23. The minimum absolute atomic E-state index is 0.302. The zero-order valence-electron chi connectivity index (χ0n) is 11.3. The van der Waals surface area contributed by atoms with Gasteiger partial charge in [0.15, 0.2) is 0 Å². The highest BCUT2D eigenvalue weighted by Crippen LogP contribution is 2.32. The fourth-order valence-electron chi connectivity index (χ4n) is 2.24. The van der Waals surface area contributed by atoms with E-state index in [1.54, 1.807) is 0 Å². The van der Waals surface area contributed by atoms with Crippen molar-refractivity contribution >= 4 is 0 Å². The van der Waals surface area contributed by atoms with Gasteiger partial charge in [-0.1, -0.05) is 0 Å². The van der Waals surface area contributed by atoms with E-state index in [-0.39, 0.29) is 5.60 Å². The number of ether oxygens (including phenoxy) is 1. The third-order valence-corrected chi connectivity index (χ3v) is 3.35. The van der Waals surface area contributed by atoms with Crippen molar-refractivity contribution in [1.29, 1.82) is 0 Å². The molecule has 2 rings (SSSR count). The van der Waals surface area contributed by atoms with E-state index in [1.807, 2.05) is 6.92 Å². The Morgan fingerprint density at radius 2 is 1.68 bits per heavy atom. The van der Waals surface area contributed by atoms with Crippen LogP contribution >= 0.6 is 0 Å². The normalized spacial score (nSPS) is 19.3. The van der Waals surface area contributed by atoms with Crippen molar-refractivity contribution in [1.82, 2.24) is 4.90 Å². The number of likely N-dealkylation sites (tertiary alicyclic amines) is 1. The molecule has 0 unspecified atom stereocenters. The van der Waals surface area contributed by atoms with E-state index in [1.165, 1.54) is 12.1 Å². The minimum Gasteiger partial charge on any atom is -0.485 e. The van der Waals surface area contributed by atoms with E-state index in [9.17, 15) is 13.2 Å². The first-order valence-electron chi connectivity index (χ1n) is 6.30. The largest absolute Gasteiger partial charge is 0.485 e. The van der Waals surface area contributed by atoms with E-state index in [0.29, 0.717) is 11.8 Å². The number of rotatable bonds is 3. The van der Waals surface area contributed by atoms with Crippen LogP contribution in [0.3, 0.4) is 0 Å². The maximum absolute atomic E-state index is 12.4. The standard InChI is InChI=1S/C14H18F3NO/c1-10(2)18-8-13(3,9-18)19-12-6-4-11(5-7-12)14(15,16)17/h4-7,10H,8-9H2,1-3H3. The van der Waals surface area contributed by atoms with Gasteiger partial charge in [0, 0.05) is 19.1 Å². The molecule has 1 aromatic carbocycles. The first-order chi connectivity index (χ1) is 8.70. The molecule has 0 radical (unpaired) electrons. The zero-order chi connectivity index (χ0) is 14.3. The predicted octanol–water partition coefficient (Wildman–Crippen LogP) is 3.57. The van der Waals surface area contributed by atoms with Gasteiger partial charge >= 0.3 is 6.18 Å². The van der Waals surface area contributed by atoms with Gasteiger partial charge in [0.25, 0.3) is 0 Å². The van der Waals surface area contributed by atoms with Crippen molar-refractivity contribution in [3.8, 4) is 5.75 Å². The topological polar surface area (TPSA) is 12.5 Å². The van der Waals surface area contributed by atoms with Crippen molar-refractivity contribution in [3.63, 3.8) is 0 Å². The monoisotopic (exact) mass is 273 g/mol. The molecule has 1 saturated heterocycles. The number of benzene rings is 1. The predicted molar refractivity (Wildman–Crippen MR) is 67.2 cm³/mol. The van der Waals surface area contributed by atoms with Crippen LogP contribution in [-0.4, -0.2) is 29.6 Å². The summed E-state index contributed by atoms with van der Waals surface area (Å²) in [5.74, 6) is 0.485. The molecule has 19 heavy (non-hydrogen) atoms. The van der Waals surface area contributed by atoms with Gasteiger partial charge in [0.1, 0.15) is 11.4 Å². The molecule has 1 aromatic rings. The van der Waals surface area contributed by atoms with Gasteiger partial charge in [-0.25, -0.2) is 0 Å². The Labute approximate surface area is 111 Å². The lowest BCUT2D eigenvalue weighted by Gasteiger charge is -2.49. The SMILES string of the molecule is CC(C)N1CC(C)(Oc2ccc(C(F)(F)F)cc2)C1. The van der Waals surface area contributed by atoms with Crippen molar-refractivity contribution in [2.75, 3.05) is 13.1 Å². The Kier molecular flexibility index (Phi) is 3.51. The van der Waals surface area contributed by atoms with E-state index in [2.05, 4.69) is 18.7 Å². The quantitative estimate of drug-likeness (QED) is 0.834. The summed E-state index contributed by atoms with van der Waals surface area (Å²) < 4.78 is 43.1. The van der Waals surface area contributed by atoms with E-state index in [4.69, 9.17) is 4.74 Å². The van der Waals surface area contributed by atoms with Gasteiger partial charge in [0.2, 0.25) is 0 Å². The van der Waals surface area contributed by atoms with Crippen LogP contribution < -0.4 is 4.74 Å². The second kappa shape index (κ2) is 4.71. The van der Waals surface area contributed by atoms with Crippen LogP contribution in [0.15, 0.2) is 24.3 Å². The number of alkyl halides is 3. The van der Waals surface area contributed by atoms with Gasteiger partial charge in [-0.05, 0) is 45.0 Å². The molecule has 5 heteroatoms. The number of halogens is 3. The fraction of sp³-hybridized carbons (Fsp3) is 0.571. The third kappa shape index (κ3) is 3.21. The third-order valence-electron chi connectivity index (χ3n) is 3.35. The lowest BCUT2D eigenvalue weighted by Crippen LogP contribution is -2.64. The molecule has 1 aliphatic heterocycles. The van der Waals surface area contributed by atoms with Gasteiger partial charge in [-0.15, -0.1) is 0 Å². The van der Waals surface area contributed by atoms with Crippen LogP contribution in [0, 0.1) is 0 Å². The molecule has 0 bridgehead atoms. The molecule has 1 aliphatic rings. The van der Waals surface area contributed by atoms with Crippen LogP contribution in [0.5, 0.6) is 5.75 Å². The minimum atomic E-state index is -4.30. The molecule has 0 spiro atoms. The molecule has 1 heterocycles. The van der Waals surface area contributed by atoms with Gasteiger partial charge in [-0.3, -0.25) is 4.90 Å². The maximum Gasteiger partial charge on any atom is 0.416 e. The molecule has 0 aliphatic carbocycles. The molecule has 2 nitrogen and oxygen atoms in total. The molecule has 0 N–H and O–H groups in total. The smallest absolute Gasteiger partial charge is 0.416 e. The lowest BCUT2D eigenvalue weighted by atomic mass is 9.94. The summed E-state index contributed by atoms with van der Waals surface area (Å²) in [4.78, 5) is 2.25. The Morgan fingerprint density at radius 3 is 2.11 bits per heavy atom. The second-order valence-corrected chi connectivity index (χ2v) is 5.57. The van der Waals surface area contributed by atoms with Crippen molar-refractivity contribution < 1.29 is 17.9 Å². The molecule has 1 fully saturated rings. The Balaban J connectivity index is 1.98. The molecule has 0 atom stereocenters. The average Bonchev–Trinajstić information content (AvgIpc) is 2.25. The van der Waals surface area contributed by atoms with Crippen LogP contribution in [0.1, 0.15) is 26.3 Å². The maximum atomic E-state index is 12.4. The molecular formula is C14H18F3NO. The van der Waals surface area contributed by atoms with Crippen molar-refractivity contribution in [2.45, 2.75) is 38.6 Å². The molecule has 0 saturated carbocycles. The zero-order valence-corrected chi connectivity index (χ0v) is 11.3. The summed E-state index contributed by atoms with van der Waals surface area (Å²) in [5, 5.41) is 0. The Bertz CT molecular complexity index is 433. The summed E-state index contributed by atoms with van der Waals surface area (Å²) in [5.41, 5.74) is -0.952. The van der Waals surface area contributed by atoms with Crippen molar-refractivity contribution in [3.05, 3.63) is 29.8 Å². The van der Waals surface area contributed by atoms with Crippen LogP contribution in [-0.2, 0) is 6.18 Å². The number of hydrogen-bond acceptors (Lipinski definition) is 2. The van der Waals surface area contributed by atoms with Crippen LogP contribution in [0.4, 0.5) is 13.2 Å². The first-order valence-corrected chi connectivity index (χ1v) is 6.30. The fourth-order valence-corrected chi connectivity index (χ4v) is 2.24. The van der Waals surface area contributed by atoms with Gasteiger partial charge < -0.3 is 4.74 Å². The molecule has 0 aromatic heterocycles. The van der Waals surface area contributed by atoms with Gasteiger partial charge in [0.05, 0.1) is 5.56 Å². The summed E-state index contributed by atoms with van der Waals surface area (Å²) in [6.45, 7) is 7.79. The van der Waals surface area contributed by atoms with E-state index < -0.39 is 11.7 Å². The lowest BCUT2D eigenvalue weighted by molar-refractivity contribution is -0.137. The second-order valence-electron chi connectivity index (χ2n) is 5.57. The summed E-state index contributed by atoms with van der Waals surface area (Å²) in [6.07, 6.45) is -4.30. The number of nitrogens with zero attached hydrogens (tertiary/aromatic N) is 1. The molecule has 106 valence electrons. The molecular weight excluding hydrogens is 255 g/mol. The number of hydrogen-bond donors (Lipinski definition) is 0. The molecule has 0 amide bonds. The highest BCUT2D eigenvalue weighted by Gasteiger charge is 2.42. The highest BCUT2D eigenvalue weighted by atomic mass is 19.4. The summed E-state index contributed by atoms with van der Waals surface area (Å²) in [6, 6.07) is 5.33.